The Morgan fingerprint density at radius 2 is 1.83 bits per heavy atom. The molecule has 0 unspecified atom stereocenters. The van der Waals surface area contributed by atoms with E-state index in [0.717, 1.165) is 24.8 Å². The lowest BCUT2D eigenvalue weighted by atomic mass is 10.0. The quantitative estimate of drug-likeness (QED) is 0.401. The average molecular weight is 249 g/mol. The first-order valence-electron chi connectivity index (χ1n) is 6.38. The zero-order valence-corrected chi connectivity index (χ0v) is 10.7. The number of non-ortho nitro benzene ring substituents is 1. The lowest BCUT2D eigenvalue weighted by Gasteiger charge is -2.01. The molecule has 98 valence electrons. The van der Waals surface area contributed by atoms with Crippen LogP contribution in [-0.4, -0.2) is 10.7 Å². The van der Waals surface area contributed by atoms with Crippen molar-refractivity contribution in [2.75, 3.05) is 0 Å². The molecule has 0 heterocycles. The molecule has 0 aliphatic rings. The molecule has 0 aliphatic heterocycles. The maximum atomic E-state index is 11.7. The molecule has 0 fully saturated rings. The van der Waals surface area contributed by atoms with Crippen LogP contribution < -0.4 is 0 Å². The fourth-order valence-corrected chi connectivity index (χ4v) is 1.80. The Kier molecular flexibility index (Phi) is 6.05. The van der Waals surface area contributed by atoms with Gasteiger partial charge in [0.1, 0.15) is 5.78 Å². The van der Waals surface area contributed by atoms with Crippen molar-refractivity contribution < 1.29 is 9.72 Å². The molecule has 0 saturated heterocycles. The van der Waals surface area contributed by atoms with Crippen molar-refractivity contribution in [3.05, 3.63) is 39.9 Å². The van der Waals surface area contributed by atoms with Gasteiger partial charge in [0, 0.05) is 25.0 Å². The van der Waals surface area contributed by atoms with Crippen molar-refractivity contribution in [3.63, 3.8) is 0 Å². The second-order valence-corrected chi connectivity index (χ2v) is 4.45. The maximum absolute atomic E-state index is 11.7. The number of nitro benzene ring substituents is 1. The van der Waals surface area contributed by atoms with E-state index in [4.69, 9.17) is 0 Å². The Hall–Kier alpha value is -1.71. The summed E-state index contributed by atoms with van der Waals surface area (Å²) in [5.41, 5.74) is 0.912. The van der Waals surface area contributed by atoms with Crippen LogP contribution in [0.1, 0.15) is 44.6 Å². The predicted octanol–water partition coefficient (Wildman–Crippen LogP) is 3.68. The summed E-state index contributed by atoms with van der Waals surface area (Å²) in [7, 11) is 0. The Morgan fingerprint density at radius 1 is 1.17 bits per heavy atom. The number of nitro groups is 1. The van der Waals surface area contributed by atoms with Crippen LogP contribution in [0.2, 0.25) is 0 Å². The summed E-state index contributed by atoms with van der Waals surface area (Å²) in [4.78, 5) is 21.7. The Labute approximate surface area is 107 Å². The summed E-state index contributed by atoms with van der Waals surface area (Å²) in [5, 5.41) is 10.5. The highest BCUT2D eigenvalue weighted by atomic mass is 16.6. The summed E-state index contributed by atoms with van der Waals surface area (Å²) >= 11 is 0. The standard InChI is InChI=1S/C14H19NO3/c1-2-3-4-5-6-14(16)11-12-7-9-13(10-8-12)15(17)18/h7-10H,2-6,11H2,1H3. The summed E-state index contributed by atoms with van der Waals surface area (Å²) in [5.74, 6) is 0.208. The van der Waals surface area contributed by atoms with Gasteiger partial charge in [0.25, 0.3) is 5.69 Å². The lowest BCUT2D eigenvalue weighted by molar-refractivity contribution is -0.384. The van der Waals surface area contributed by atoms with Gasteiger partial charge in [0.2, 0.25) is 0 Å². The van der Waals surface area contributed by atoms with E-state index in [-0.39, 0.29) is 11.5 Å². The van der Waals surface area contributed by atoms with Crippen LogP contribution in [0, 0.1) is 10.1 Å². The van der Waals surface area contributed by atoms with E-state index in [9.17, 15) is 14.9 Å². The molecular formula is C14H19NO3. The Balaban J connectivity index is 2.37. The van der Waals surface area contributed by atoms with Gasteiger partial charge in [0.15, 0.2) is 0 Å². The highest BCUT2D eigenvalue weighted by Gasteiger charge is 2.07. The number of hydrogen-bond acceptors (Lipinski definition) is 3. The molecule has 4 heteroatoms. The van der Waals surface area contributed by atoms with E-state index < -0.39 is 4.92 Å². The first kappa shape index (κ1) is 14.4. The first-order valence-corrected chi connectivity index (χ1v) is 6.38. The van der Waals surface area contributed by atoms with Gasteiger partial charge in [-0.2, -0.15) is 0 Å². The average Bonchev–Trinajstić information content (AvgIpc) is 2.35. The minimum Gasteiger partial charge on any atom is -0.299 e. The van der Waals surface area contributed by atoms with Gasteiger partial charge in [-0.25, -0.2) is 0 Å². The molecule has 1 rings (SSSR count). The molecule has 0 aromatic heterocycles. The van der Waals surface area contributed by atoms with E-state index in [1.807, 2.05) is 0 Å². The van der Waals surface area contributed by atoms with Crippen LogP contribution in [0.5, 0.6) is 0 Å². The number of ketones is 1. The van der Waals surface area contributed by atoms with Crippen LogP contribution in [0.3, 0.4) is 0 Å². The molecule has 4 nitrogen and oxygen atoms in total. The van der Waals surface area contributed by atoms with Crippen molar-refractivity contribution in [1.82, 2.24) is 0 Å². The molecule has 1 aromatic rings. The van der Waals surface area contributed by atoms with Gasteiger partial charge in [0.05, 0.1) is 4.92 Å². The third-order valence-corrected chi connectivity index (χ3v) is 2.86. The van der Waals surface area contributed by atoms with Crippen molar-refractivity contribution in [2.45, 2.75) is 45.4 Å². The molecule has 0 saturated carbocycles. The summed E-state index contributed by atoms with van der Waals surface area (Å²) in [6.45, 7) is 2.14. The third kappa shape index (κ3) is 5.08. The third-order valence-electron chi connectivity index (χ3n) is 2.86. The lowest BCUT2D eigenvalue weighted by Crippen LogP contribution is -2.02. The zero-order chi connectivity index (χ0) is 13.4. The molecule has 0 spiro atoms. The van der Waals surface area contributed by atoms with Crippen LogP contribution >= 0.6 is 0 Å². The highest BCUT2D eigenvalue weighted by Crippen LogP contribution is 2.13. The summed E-state index contributed by atoms with van der Waals surface area (Å²) in [6.07, 6.45) is 5.37. The second kappa shape index (κ2) is 7.58. The maximum Gasteiger partial charge on any atom is 0.269 e. The van der Waals surface area contributed by atoms with Crippen LogP contribution in [0.15, 0.2) is 24.3 Å². The van der Waals surface area contributed by atoms with Gasteiger partial charge in [-0.3, -0.25) is 14.9 Å². The van der Waals surface area contributed by atoms with E-state index >= 15 is 0 Å². The number of nitrogens with zero attached hydrogens (tertiary/aromatic N) is 1. The second-order valence-electron chi connectivity index (χ2n) is 4.45. The van der Waals surface area contributed by atoms with Gasteiger partial charge >= 0.3 is 0 Å². The fraction of sp³-hybridized carbons (Fsp3) is 0.500. The molecule has 18 heavy (non-hydrogen) atoms. The predicted molar refractivity (Wildman–Crippen MR) is 70.6 cm³/mol. The molecule has 0 aliphatic carbocycles. The number of unbranched alkanes of at least 4 members (excludes halogenated alkanes) is 3. The van der Waals surface area contributed by atoms with Crippen molar-refractivity contribution >= 4 is 11.5 Å². The van der Waals surface area contributed by atoms with E-state index in [1.165, 1.54) is 18.6 Å². The fourth-order valence-electron chi connectivity index (χ4n) is 1.80. The van der Waals surface area contributed by atoms with Crippen LogP contribution in [0.25, 0.3) is 0 Å². The van der Waals surface area contributed by atoms with Crippen molar-refractivity contribution in [2.24, 2.45) is 0 Å². The number of carbonyl (C=O) groups excluding carboxylic acids is 1. The SMILES string of the molecule is CCCCCCC(=O)Cc1ccc([N+](=O)[O-])cc1. The number of rotatable bonds is 8. The van der Waals surface area contributed by atoms with Gasteiger partial charge < -0.3 is 0 Å². The van der Waals surface area contributed by atoms with Gasteiger partial charge in [-0.1, -0.05) is 38.3 Å². The molecule has 0 radical (unpaired) electrons. The van der Waals surface area contributed by atoms with Crippen LogP contribution in [-0.2, 0) is 11.2 Å². The van der Waals surface area contributed by atoms with E-state index in [2.05, 4.69) is 6.92 Å². The van der Waals surface area contributed by atoms with Crippen molar-refractivity contribution in [1.29, 1.82) is 0 Å². The minimum atomic E-state index is -0.434. The number of hydrogen-bond donors (Lipinski definition) is 0. The minimum absolute atomic E-state index is 0.0640. The molecule has 1 aromatic carbocycles. The van der Waals surface area contributed by atoms with Crippen molar-refractivity contribution in [3.8, 4) is 0 Å². The topological polar surface area (TPSA) is 60.2 Å². The number of benzene rings is 1. The Morgan fingerprint density at radius 3 is 2.39 bits per heavy atom. The Bertz CT molecular complexity index is 398. The first-order chi connectivity index (χ1) is 8.63. The normalized spacial score (nSPS) is 10.3. The number of Topliss-reactive ketones (excluding diaryl/α,β-unsaturated/α-hetero) is 1. The molecule has 0 bridgehead atoms. The van der Waals surface area contributed by atoms with E-state index in [0.29, 0.717) is 12.8 Å². The smallest absolute Gasteiger partial charge is 0.269 e. The van der Waals surface area contributed by atoms with E-state index in [1.54, 1.807) is 12.1 Å². The van der Waals surface area contributed by atoms with Crippen LogP contribution in [0.4, 0.5) is 5.69 Å². The highest BCUT2D eigenvalue weighted by molar-refractivity contribution is 5.80. The monoisotopic (exact) mass is 249 g/mol. The molecule has 0 atom stereocenters. The summed E-state index contributed by atoms with van der Waals surface area (Å²) < 4.78 is 0. The largest absolute Gasteiger partial charge is 0.299 e. The van der Waals surface area contributed by atoms with Gasteiger partial charge in [-0.15, -0.1) is 0 Å². The molecular weight excluding hydrogens is 230 g/mol. The zero-order valence-electron chi connectivity index (χ0n) is 10.7. The summed E-state index contributed by atoms with van der Waals surface area (Å²) in [6, 6.07) is 6.20. The molecule has 0 N–H and O–H groups in total. The number of carbonyl (C=O) groups is 1. The van der Waals surface area contributed by atoms with Gasteiger partial charge in [-0.05, 0) is 12.0 Å². The molecule has 0 amide bonds.